The largest absolute Gasteiger partial charge is 0.493 e. The fraction of sp³-hybridized carbons (Fsp3) is 0.278. The minimum absolute atomic E-state index is 0.0963. The third-order valence-electron chi connectivity index (χ3n) is 3.67. The zero-order chi connectivity index (χ0) is 18.3. The van der Waals surface area contributed by atoms with Gasteiger partial charge in [0.05, 0.1) is 25.2 Å². The van der Waals surface area contributed by atoms with Crippen LogP contribution in [0.1, 0.15) is 12.0 Å². The molecule has 0 atom stereocenters. The van der Waals surface area contributed by atoms with Gasteiger partial charge in [-0.05, 0) is 17.7 Å². The van der Waals surface area contributed by atoms with Gasteiger partial charge in [-0.2, -0.15) is 9.57 Å². The molecule has 2 aromatic rings. The molecule has 25 heavy (non-hydrogen) atoms. The Morgan fingerprint density at radius 2 is 1.72 bits per heavy atom. The third kappa shape index (κ3) is 4.50. The molecule has 132 valence electrons. The fourth-order valence-electron chi connectivity index (χ4n) is 2.37. The van der Waals surface area contributed by atoms with Crippen LogP contribution in [0.15, 0.2) is 53.4 Å². The third-order valence-corrected chi connectivity index (χ3v) is 5.51. The Labute approximate surface area is 148 Å². The van der Waals surface area contributed by atoms with Gasteiger partial charge >= 0.3 is 0 Å². The zero-order valence-corrected chi connectivity index (χ0v) is 15.0. The molecular weight excluding hydrogens is 340 g/mol. The van der Waals surface area contributed by atoms with E-state index >= 15 is 0 Å². The molecule has 7 heteroatoms. The SMILES string of the molecule is COc1ccc(S(=O)(=O)N(CCC#N)Cc2ccccc2)cc1OC. The molecule has 6 nitrogen and oxygen atoms in total. The van der Waals surface area contributed by atoms with Crippen molar-refractivity contribution in [3.63, 3.8) is 0 Å². The van der Waals surface area contributed by atoms with Gasteiger partial charge in [0.25, 0.3) is 0 Å². The topological polar surface area (TPSA) is 79.6 Å². The van der Waals surface area contributed by atoms with Crippen LogP contribution in [-0.2, 0) is 16.6 Å². The minimum Gasteiger partial charge on any atom is -0.493 e. The molecule has 0 bridgehead atoms. The molecule has 0 aliphatic carbocycles. The minimum atomic E-state index is -3.78. The maximum Gasteiger partial charge on any atom is 0.243 e. The van der Waals surface area contributed by atoms with Crippen molar-refractivity contribution in [3.05, 3.63) is 54.1 Å². The molecule has 0 unspecified atom stereocenters. The first-order valence-electron chi connectivity index (χ1n) is 7.66. The van der Waals surface area contributed by atoms with Gasteiger partial charge in [0.2, 0.25) is 10.0 Å². The smallest absolute Gasteiger partial charge is 0.243 e. The molecule has 0 heterocycles. The van der Waals surface area contributed by atoms with Crippen molar-refractivity contribution < 1.29 is 17.9 Å². The number of hydrogen-bond acceptors (Lipinski definition) is 5. The molecule has 0 N–H and O–H groups in total. The first-order chi connectivity index (χ1) is 12.0. The molecule has 0 fully saturated rings. The monoisotopic (exact) mass is 360 g/mol. The van der Waals surface area contributed by atoms with Crippen LogP contribution in [0.3, 0.4) is 0 Å². The number of rotatable bonds is 8. The van der Waals surface area contributed by atoms with Crippen LogP contribution in [-0.4, -0.2) is 33.5 Å². The van der Waals surface area contributed by atoms with E-state index in [1.165, 1.54) is 30.7 Å². The van der Waals surface area contributed by atoms with E-state index in [4.69, 9.17) is 14.7 Å². The lowest BCUT2D eigenvalue weighted by molar-refractivity contribution is 0.353. The van der Waals surface area contributed by atoms with E-state index < -0.39 is 10.0 Å². The van der Waals surface area contributed by atoms with E-state index in [-0.39, 0.29) is 24.4 Å². The van der Waals surface area contributed by atoms with Crippen molar-refractivity contribution >= 4 is 10.0 Å². The van der Waals surface area contributed by atoms with Gasteiger partial charge in [-0.1, -0.05) is 30.3 Å². The lowest BCUT2D eigenvalue weighted by Gasteiger charge is -2.22. The predicted octanol–water partition coefficient (Wildman–Crippen LogP) is 2.81. The maximum atomic E-state index is 13.0. The van der Waals surface area contributed by atoms with Gasteiger partial charge in [-0.25, -0.2) is 8.42 Å². The molecule has 0 aromatic heterocycles. The highest BCUT2D eigenvalue weighted by Gasteiger charge is 2.25. The highest BCUT2D eigenvalue weighted by molar-refractivity contribution is 7.89. The summed E-state index contributed by atoms with van der Waals surface area (Å²) in [5.74, 6) is 0.789. The first-order valence-corrected chi connectivity index (χ1v) is 9.10. The standard InChI is InChI=1S/C18H20N2O4S/c1-23-17-10-9-16(13-18(17)24-2)25(21,22)20(12-6-11-19)14-15-7-4-3-5-8-15/h3-5,7-10,13H,6,12,14H2,1-2H3. The Hall–Kier alpha value is -2.56. The van der Waals surface area contributed by atoms with Crippen molar-refractivity contribution in [1.29, 1.82) is 5.26 Å². The van der Waals surface area contributed by atoms with Crippen molar-refractivity contribution in [2.45, 2.75) is 17.9 Å². The number of ether oxygens (including phenoxy) is 2. The van der Waals surface area contributed by atoms with E-state index in [2.05, 4.69) is 0 Å². The molecule has 0 radical (unpaired) electrons. The molecule has 0 amide bonds. The number of methoxy groups -OCH3 is 2. The van der Waals surface area contributed by atoms with Gasteiger partial charge in [-0.15, -0.1) is 0 Å². The predicted molar refractivity (Wildman–Crippen MR) is 93.8 cm³/mol. The van der Waals surface area contributed by atoms with E-state index in [0.717, 1.165) is 5.56 Å². The lowest BCUT2D eigenvalue weighted by Crippen LogP contribution is -2.31. The summed E-state index contributed by atoms with van der Waals surface area (Å²) in [5, 5.41) is 8.86. The maximum absolute atomic E-state index is 13.0. The molecule has 0 aliphatic heterocycles. The summed E-state index contributed by atoms with van der Waals surface area (Å²) < 4.78 is 37.7. The van der Waals surface area contributed by atoms with Crippen molar-refractivity contribution in [2.24, 2.45) is 0 Å². The van der Waals surface area contributed by atoms with Crippen LogP contribution in [0.4, 0.5) is 0 Å². The molecule has 0 saturated heterocycles. The Kier molecular flexibility index (Phi) is 6.39. The van der Waals surface area contributed by atoms with Gasteiger partial charge in [0, 0.05) is 25.6 Å². The van der Waals surface area contributed by atoms with Gasteiger partial charge in [0.15, 0.2) is 11.5 Å². The molecule has 0 spiro atoms. The normalized spacial score (nSPS) is 11.1. The lowest BCUT2D eigenvalue weighted by atomic mass is 10.2. The summed E-state index contributed by atoms with van der Waals surface area (Å²) in [4.78, 5) is 0.0963. The Balaban J connectivity index is 2.39. The number of benzene rings is 2. The Morgan fingerprint density at radius 1 is 1.04 bits per heavy atom. The van der Waals surface area contributed by atoms with Crippen LogP contribution in [0, 0.1) is 11.3 Å². The summed E-state index contributed by atoms with van der Waals surface area (Å²) in [6.07, 6.45) is 0.110. The molecule has 2 aromatic carbocycles. The van der Waals surface area contributed by atoms with Crippen LogP contribution >= 0.6 is 0 Å². The van der Waals surface area contributed by atoms with Crippen molar-refractivity contribution in [3.8, 4) is 17.6 Å². The van der Waals surface area contributed by atoms with E-state index in [1.807, 2.05) is 36.4 Å². The van der Waals surface area contributed by atoms with Gasteiger partial charge in [0.1, 0.15) is 0 Å². The van der Waals surface area contributed by atoms with E-state index in [1.54, 1.807) is 6.07 Å². The molecule has 0 aliphatic rings. The van der Waals surface area contributed by atoms with E-state index in [9.17, 15) is 8.42 Å². The number of nitrogens with zero attached hydrogens (tertiary/aromatic N) is 2. The number of nitriles is 1. The Bertz CT molecular complexity index is 845. The quantitative estimate of drug-likeness (QED) is 0.723. The van der Waals surface area contributed by atoms with Crippen LogP contribution in [0.25, 0.3) is 0 Å². The van der Waals surface area contributed by atoms with Crippen LogP contribution in [0.2, 0.25) is 0 Å². The average molecular weight is 360 g/mol. The first kappa shape index (κ1) is 18.8. The summed E-state index contributed by atoms with van der Waals surface area (Å²) in [6, 6.07) is 15.7. The van der Waals surface area contributed by atoms with E-state index in [0.29, 0.717) is 11.5 Å². The summed E-state index contributed by atoms with van der Waals surface area (Å²) >= 11 is 0. The van der Waals surface area contributed by atoms with Gasteiger partial charge in [-0.3, -0.25) is 0 Å². The second-order valence-corrected chi connectivity index (χ2v) is 7.19. The highest BCUT2D eigenvalue weighted by Crippen LogP contribution is 2.31. The summed E-state index contributed by atoms with van der Waals surface area (Å²) in [6.45, 7) is 0.307. The van der Waals surface area contributed by atoms with Gasteiger partial charge < -0.3 is 9.47 Å². The van der Waals surface area contributed by atoms with Crippen LogP contribution in [0.5, 0.6) is 11.5 Å². The zero-order valence-electron chi connectivity index (χ0n) is 14.2. The molecule has 2 rings (SSSR count). The second kappa shape index (κ2) is 8.51. The fourth-order valence-corrected chi connectivity index (χ4v) is 3.82. The molecule has 0 saturated carbocycles. The number of sulfonamides is 1. The second-order valence-electron chi connectivity index (χ2n) is 5.25. The Morgan fingerprint density at radius 3 is 2.32 bits per heavy atom. The highest BCUT2D eigenvalue weighted by atomic mass is 32.2. The summed E-state index contributed by atoms with van der Waals surface area (Å²) in [7, 11) is -0.846. The summed E-state index contributed by atoms with van der Waals surface area (Å²) in [5.41, 5.74) is 0.851. The van der Waals surface area contributed by atoms with Crippen molar-refractivity contribution in [1.82, 2.24) is 4.31 Å². The average Bonchev–Trinajstić information content (AvgIpc) is 2.65. The van der Waals surface area contributed by atoms with Crippen molar-refractivity contribution in [2.75, 3.05) is 20.8 Å². The van der Waals surface area contributed by atoms with Crippen LogP contribution < -0.4 is 9.47 Å². The molecular formula is C18H20N2O4S. The number of hydrogen-bond donors (Lipinski definition) is 0.